The van der Waals surface area contributed by atoms with Crippen LogP contribution in [0.2, 0.25) is 0 Å². The number of hydrogen-bond acceptors (Lipinski definition) is 5. The highest BCUT2D eigenvalue weighted by molar-refractivity contribution is 5.97. The normalized spacial score (nSPS) is 10.9. The molecule has 23 heavy (non-hydrogen) atoms. The lowest BCUT2D eigenvalue weighted by Gasteiger charge is -2.07. The molecule has 3 aromatic rings. The Bertz CT molecular complexity index is 909. The minimum atomic E-state index is -0.637. The fourth-order valence-corrected chi connectivity index (χ4v) is 2.47. The number of pyridine rings is 1. The van der Waals surface area contributed by atoms with Gasteiger partial charge in [-0.25, -0.2) is 4.79 Å². The van der Waals surface area contributed by atoms with Crippen molar-refractivity contribution in [1.29, 1.82) is 0 Å². The van der Waals surface area contributed by atoms with Gasteiger partial charge in [-0.1, -0.05) is 35.5 Å². The molecule has 1 aromatic carbocycles. The Morgan fingerprint density at radius 2 is 2.00 bits per heavy atom. The van der Waals surface area contributed by atoms with Crippen molar-refractivity contribution < 1.29 is 14.1 Å². The zero-order valence-corrected chi connectivity index (χ0v) is 12.9. The monoisotopic (exact) mass is 312 g/mol. The first kappa shape index (κ1) is 15.0. The van der Waals surface area contributed by atoms with Crippen molar-refractivity contribution in [1.82, 2.24) is 9.72 Å². The van der Waals surface area contributed by atoms with E-state index in [1.54, 1.807) is 11.5 Å². The third-order valence-electron chi connectivity index (χ3n) is 3.57. The zero-order chi connectivity index (χ0) is 16.4. The Hall–Kier alpha value is -2.89. The number of rotatable bonds is 4. The van der Waals surface area contributed by atoms with Crippen molar-refractivity contribution in [3.63, 3.8) is 0 Å². The van der Waals surface area contributed by atoms with Crippen molar-refractivity contribution in [3.8, 4) is 11.3 Å². The summed E-state index contributed by atoms with van der Waals surface area (Å²) < 4.78 is 12.0. The third kappa shape index (κ3) is 2.52. The van der Waals surface area contributed by atoms with Gasteiger partial charge < -0.3 is 13.8 Å². The van der Waals surface area contributed by atoms with Crippen LogP contribution in [0.1, 0.15) is 24.2 Å². The molecule has 0 aliphatic carbocycles. The fourth-order valence-electron chi connectivity index (χ4n) is 2.47. The quantitative estimate of drug-likeness (QED) is 0.693. The number of esters is 1. The highest BCUT2D eigenvalue weighted by Crippen LogP contribution is 2.26. The molecule has 0 amide bonds. The first-order valence-corrected chi connectivity index (χ1v) is 7.42. The van der Waals surface area contributed by atoms with E-state index in [-0.39, 0.29) is 12.2 Å². The molecular weight excluding hydrogens is 296 g/mol. The molecule has 0 aliphatic rings. The predicted octanol–water partition coefficient (Wildman–Crippen LogP) is 2.85. The van der Waals surface area contributed by atoms with Crippen LogP contribution in [-0.2, 0) is 11.3 Å². The zero-order valence-electron chi connectivity index (χ0n) is 12.9. The molecule has 6 heteroatoms. The largest absolute Gasteiger partial charge is 0.462 e. The van der Waals surface area contributed by atoms with Gasteiger partial charge in [-0.3, -0.25) is 4.79 Å². The van der Waals surface area contributed by atoms with Gasteiger partial charge in [-0.2, -0.15) is 0 Å². The minimum absolute atomic E-state index is 0.0124. The molecule has 2 heterocycles. The molecule has 0 fully saturated rings. The second-order valence-electron chi connectivity index (χ2n) is 4.96. The lowest BCUT2D eigenvalue weighted by atomic mass is 10.1. The predicted molar refractivity (Wildman–Crippen MR) is 85.3 cm³/mol. The first-order chi connectivity index (χ1) is 11.2. The number of aromatic nitrogens is 2. The van der Waals surface area contributed by atoms with Gasteiger partial charge in [-0.05, 0) is 13.8 Å². The number of carbonyl (C=O) groups is 1. The molecule has 2 aromatic heterocycles. The Kier molecular flexibility index (Phi) is 3.97. The highest BCUT2D eigenvalue weighted by Gasteiger charge is 2.22. The first-order valence-electron chi connectivity index (χ1n) is 7.42. The lowest BCUT2D eigenvalue weighted by molar-refractivity contribution is 0.0524. The summed E-state index contributed by atoms with van der Waals surface area (Å²) in [5.74, 6) is -0.637. The lowest BCUT2D eigenvalue weighted by Crippen LogP contribution is -2.20. The molecule has 0 N–H and O–H groups in total. The van der Waals surface area contributed by atoms with Crippen LogP contribution >= 0.6 is 0 Å². The van der Waals surface area contributed by atoms with E-state index >= 15 is 0 Å². The molecule has 0 saturated carbocycles. The second-order valence-corrected chi connectivity index (χ2v) is 4.96. The Balaban J connectivity index is 2.32. The van der Waals surface area contributed by atoms with Gasteiger partial charge in [0.05, 0.1) is 6.61 Å². The van der Waals surface area contributed by atoms with Crippen LogP contribution in [0.15, 0.2) is 45.8 Å². The van der Waals surface area contributed by atoms with Gasteiger partial charge in [-0.15, -0.1) is 0 Å². The van der Waals surface area contributed by atoms with Crippen molar-refractivity contribution in [3.05, 3.63) is 52.3 Å². The molecule has 0 saturated heterocycles. The van der Waals surface area contributed by atoms with E-state index in [4.69, 9.17) is 9.26 Å². The summed E-state index contributed by atoms with van der Waals surface area (Å²) in [4.78, 5) is 24.8. The number of nitrogens with zero attached hydrogens (tertiary/aromatic N) is 2. The Labute approximate surface area is 132 Å². The van der Waals surface area contributed by atoms with Crippen LogP contribution in [0.25, 0.3) is 22.4 Å². The van der Waals surface area contributed by atoms with E-state index < -0.39 is 11.4 Å². The van der Waals surface area contributed by atoms with E-state index in [1.807, 2.05) is 37.3 Å². The van der Waals surface area contributed by atoms with Crippen LogP contribution in [-0.4, -0.2) is 22.3 Å². The molecule has 6 nitrogen and oxygen atoms in total. The van der Waals surface area contributed by atoms with Crippen molar-refractivity contribution in [2.45, 2.75) is 20.4 Å². The van der Waals surface area contributed by atoms with E-state index in [9.17, 15) is 9.59 Å². The average molecular weight is 312 g/mol. The molecule has 0 radical (unpaired) electrons. The molecule has 0 aliphatic heterocycles. The molecule has 3 rings (SSSR count). The van der Waals surface area contributed by atoms with Gasteiger partial charge >= 0.3 is 5.97 Å². The fraction of sp³-hybridized carbons (Fsp3) is 0.235. The molecule has 0 spiro atoms. The summed E-state index contributed by atoms with van der Waals surface area (Å²) in [7, 11) is 0. The van der Waals surface area contributed by atoms with E-state index in [2.05, 4.69) is 5.16 Å². The topological polar surface area (TPSA) is 74.3 Å². The summed E-state index contributed by atoms with van der Waals surface area (Å²) in [6.07, 6.45) is 1.46. The number of carbonyl (C=O) groups excluding carboxylic acids is 1. The van der Waals surface area contributed by atoms with Gasteiger partial charge in [0.1, 0.15) is 16.6 Å². The maximum absolute atomic E-state index is 12.8. The van der Waals surface area contributed by atoms with E-state index in [1.165, 1.54) is 6.20 Å². The van der Waals surface area contributed by atoms with Crippen LogP contribution in [0.4, 0.5) is 0 Å². The third-order valence-corrected chi connectivity index (χ3v) is 3.57. The molecule has 0 bridgehead atoms. The van der Waals surface area contributed by atoms with Crippen LogP contribution in [0.3, 0.4) is 0 Å². The molecule has 118 valence electrons. The van der Waals surface area contributed by atoms with Crippen molar-refractivity contribution in [2.75, 3.05) is 6.61 Å². The number of benzene rings is 1. The van der Waals surface area contributed by atoms with Crippen LogP contribution in [0, 0.1) is 0 Å². The summed E-state index contributed by atoms with van der Waals surface area (Å²) >= 11 is 0. The van der Waals surface area contributed by atoms with Gasteiger partial charge in [0.25, 0.3) is 0 Å². The Morgan fingerprint density at radius 3 is 2.65 bits per heavy atom. The maximum Gasteiger partial charge on any atom is 0.343 e. The van der Waals surface area contributed by atoms with Gasteiger partial charge in [0.15, 0.2) is 0 Å². The molecule has 0 unspecified atom stereocenters. The molecule has 0 atom stereocenters. The average Bonchev–Trinajstić information content (AvgIpc) is 3.02. The van der Waals surface area contributed by atoms with E-state index in [0.717, 1.165) is 5.56 Å². The van der Waals surface area contributed by atoms with Gasteiger partial charge in [0, 0.05) is 18.3 Å². The summed E-state index contributed by atoms with van der Waals surface area (Å²) in [5.41, 5.74) is 1.10. The van der Waals surface area contributed by atoms with Crippen LogP contribution in [0.5, 0.6) is 0 Å². The maximum atomic E-state index is 12.8. The number of hydrogen-bond donors (Lipinski definition) is 0. The van der Waals surface area contributed by atoms with Gasteiger partial charge in [0.2, 0.25) is 11.1 Å². The van der Waals surface area contributed by atoms with E-state index in [0.29, 0.717) is 23.3 Å². The van der Waals surface area contributed by atoms with Crippen molar-refractivity contribution >= 4 is 17.1 Å². The Morgan fingerprint density at radius 1 is 1.26 bits per heavy atom. The molecular formula is C17H16N2O4. The minimum Gasteiger partial charge on any atom is -0.462 e. The number of aryl methyl sites for hydroxylation is 1. The SMILES string of the molecule is CCOC(=O)c1cn(CC)c2onc(-c3ccccc3)c2c1=O. The number of ether oxygens (including phenoxy) is 1. The highest BCUT2D eigenvalue weighted by atomic mass is 16.5. The summed E-state index contributed by atoms with van der Waals surface area (Å²) in [6.45, 7) is 4.33. The smallest absolute Gasteiger partial charge is 0.343 e. The van der Waals surface area contributed by atoms with Crippen LogP contribution < -0.4 is 5.43 Å². The standard InChI is InChI=1S/C17H16N2O4/c1-3-19-10-12(17(21)22-4-2)15(20)13-14(18-23-16(13)19)11-8-6-5-7-9-11/h5-10H,3-4H2,1-2H3. The van der Waals surface area contributed by atoms with Crippen molar-refractivity contribution in [2.24, 2.45) is 0 Å². The summed E-state index contributed by atoms with van der Waals surface area (Å²) in [6, 6.07) is 9.25. The summed E-state index contributed by atoms with van der Waals surface area (Å²) in [5, 5.41) is 4.33. The number of fused-ring (bicyclic) bond motifs is 1. The second kappa shape index (κ2) is 6.08.